The number of esters is 1. The molecular formula is C15H19NO4. The smallest absolute Gasteiger partial charge is 0.310 e. The lowest BCUT2D eigenvalue weighted by Gasteiger charge is -2.16. The summed E-state index contributed by atoms with van der Waals surface area (Å²) in [6, 6.07) is 7.93. The molecular weight excluding hydrogens is 258 g/mol. The molecule has 0 saturated carbocycles. The first-order chi connectivity index (χ1) is 9.63. The third-order valence-corrected chi connectivity index (χ3v) is 3.46. The van der Waals surface area contributed by atoms with Crippen molar-refractivity contribution < 1.29 is 19.1 Å². The van der Waals surface area contributed by atoms with E-state index in [1.165, 1.54) is 7.11 Å². The van der Waals surface area contributed by atoms with Crippen molar-refractivity contribution in [2.24, 2.45) is 5.92 Å². The fourth-order valence-electron chi connectivity index (χ4n) is 2.38. The summed E-state index contributed by atoms with van der Waals surface area (Å²) in [6.45, 7) is 1.54. The van der Waals surface area contributed by atoms with Gasteiger partial charge < -0.3 is 14.4 Å². The Morgan fingerprint density at radius 3 is 2.50 bits per heavy atom. The predicted octanol–water partition coefficient (Wildman–Crippen LogP) is 1.35. The van der Waals surface area contributed by atoms with Crippen molar-refractivity contribution in [3.63, 3.8) is 0 Å². The highest BCUT2D eigenvalue weighted by molar-refractivity contribution is 5.86. The molecule has 1 aliphatic heterocycles. The third kappa shape index (κ3) is 3.36. The van der Waals surface area contributed by atoms with Crippen LogP contribution in [0.25, 0.3) is 0 Å². The number of carbonyl (C=O) groups excluding carboxylic acids is 2. The van der Waals surface area contributed by atoms with E-state index in [0.29, 0.717) is 19.7 Å². The van der Waals surface area contributed by atoms with Gasteiger partial charge in [0.05, 0.1) is 19.6 Å². The second-order valence-corrected chi connectivity index (χ2v) is 4.95. The summed E-state index contributed by atoms with van der Waals surface area (Å²) in [5, 5.41) is 0. The molecule has 1 heterocycles. The standard InChI is InChI=1S/C15H19NO4/c1-19-10-12-5-3-11(4-6-12)8-16-9-13(7-14(16)17)15(18)20-2/h3-6,13H,7-10H2,1-2H3. The van der Waals surface area contributed by atoms with E-state index >= 15 is 0 Å². The van der Waals surface area contributed by atoms with Crippen molar-refractivity contribution in [1.82, 2.24) is 4.90 Å². The lowest BCUT2D eigenvalue weighted by atomic mass is 10.1. The second kappa shape index (κ2) is 6.52. The lowest BCUT2D eigenvalue weighted by molar-refractivity contribution is -0.145. The minimum atomic E-state index is -0.333. The summed E-state index contributed by atoms with van der Waals surface area (Å²) < 4.78 is 9.75. The zero-order chi connectivity index (χ0) is 14.5. The van der Waals surface area contributed by atoms with Gasteiger partial charge in [0.15, 0.2) is 0 Å². The van der Waals surface area contributed by atoms with Gasteiger partial charge in [-0.15, -0.1) is 0 Å². The largest absolute Gasteiger partial charge is 0.469 e. The topological polar surface area (TPSA) is 55.8 Å². The third-order valence-electron chi connectivity index (χ3n) is 3.46. The Bertz CT molecular complexity index is 483. The molecule has 0 N–H and O–H groups in total. The van der Waals surface area contributed by atoms with Crippen LogP contribution in [0.4, 0.5) is 0 Å². The summed E-state index contributed by atoms with van der Waals surface area (Å²) in [5.74, 6) is -0.641. The van der Waals surface area contributed by atoms with Crippen molar-refractivity contribution in [2.45, 2.75) is 19.6 Å². The molecule has 1 fully saturated rings. The number of amides is 1. The zero-order valence-corrected chi connectivity index (χ0v) is 11.8. The van der Waals surface area contributed by atoms with Crippen LogP contribution in [0.2, 0.25) is 0 Å². The zero-order valence-electron chi connectivity index (χ0n) is 11.8. The number of carbonyl (C=O) groups is 2. The van der Waals surface area contributed by atoms with Gasteiger partial charge in [-0.2, -0.15) is 0 Å². The number of likely N-dealkylation sites (tertiary alicyclic amines) is 1. The normalized spacial score (nSPS) is 18.4. The molecule has 0 spiro atoms. The van der Waals surface area contributed by atoms with E-state index in [1.54, 1.807) is 12.0 Å². The van der Waals surface area contributed by atoms with E-state index in [0.717, 1.165) is 11.1 Å². The lowest BCUT2D eigenvalue weighted by Crippen LogP contribution is -2.26. The number of benzene rings is 1. The van der Waals surface area contributed by atoms with Crippen LogP contribution in [0, 0.1) is 5.92 Å². The first kappa shape index (κ1) is 14.5. The van der Waals surface area contributed by atoms with Gasteiger partial charge in [-0.3, -0.25) is 9.59 Å². The summed E-state index contributed by atoms with van der Waals surface area (Å²) in [5.41, 5.74) is 2.14. The molecule has 5 heteroatoms. The number of ether oxygens (including phenoxy) is 2. The van der Waals surface area contributed by atoms with E-state index in [-0.39, 0.29) is 24.2 Å². The number of rotatable bonds is 5. The summed E-state index contributed by atoms with van der Waals surface area (Å²) >= 11 is 0. The number of methoxy groups -OCH3 is 2. The van der Waals surface area contributed by atoms with E-state index in [2.05, 4.69) is 0 Å². The Kier molecular flexibility index (Phi) is 4.74. The molecule has 1 aliphatic rings. The summed E-state index contributed by atoms with van der Waals surface area (Å²) in [4.78, 5) is 25.0. The fourth-order valence-corrected chi connectivity index (χ4v) is 2.38. The Balaban J connectivity index is 1.96. The SMILES string of the molecule is COCc1ccc(CN2CC(C(=O)OC)CC2=O)cc1. The molecule has 0 radical (unpaired) electrons. The molecule has 1 unspecified atom stereocenters. The molecule has 5 nitrogen and oxygen atoms in total. The van der Waals surface area contributed by atoms with Crippen LogP contribution in [-0.2, 0) is 32.2 Å². The van der Waals surface area contributed by atoms with E-state index in [1.807, 2.05) is 24.3 Å². The quantitative estimate of drug-likeness (QED) is 0.762. The monoisotopic (exact) mass is 277 g/mol. The average molecular weight is 277 g/mol. The average Bonchev–Trinajstić information content (AvgIpc) is 2.82. The van der Waals surface area contributed by atoms with Gasteiger partial charge in [0.2, 0.25) is 5.91 Å². The van der Waals surface area contributed by atoms with Crippen molar-refractivity contribution in [1.29, 1.82) is 0 Å². The van der Waals surface area contributed by atoms with Crippen LogP contribution in [-0.4, -0.2) is 37.5 Å². The Labute approximate surface area is 118 Å². The molecule has 108 valence electrons. The first-order valence-corrected chi connectivity index (χ1v) is 6.56. The molecule has 0 aromatic heterocycles. The highest BCUT2D eigenvalue weighted by Crippen LogP contribution is 2.21. The van der Waals surface area contributed by atoms with Gasteiger partial charge in [0.25, 0.3) is 0 Å². The van der Waals surface area contributed by atoms with Gasteiger partial charge in [0.1, 0.15) is 0 Å². The van der Waals surface area contributed by atoms with Crippen LogP contribution < -0.4 is 0 Å². The maximum atomic E-state index is 11.9. The molecule has 1 aromatic carbocycles. The number of hydrogen-bond acceptors (Lipinski definition) is 4. The number of hydrogen-bond donors (Lipinski definition) is 0. The molecule has 0 bridgehead atoms. The summed E-state index contributed by atoms with van der Waals surface area (Å²) in [6.07, 6.45) is 0.244. The van der Waals surface area contributed by atoms with E-state index in [9.17, 15) is 9.59 Å². The minimum Gasteiger partial charge on any atom is -0.469 e. The molecule has 1 saturated heterocycles. The van der Waals surface area contributed by atoms with Gasteiger partial charge in [-0.1, -0.05) is 24.3 Å². The van der Waals surface area contributed by atoms with Gasteiger partial charge >= 0.3 is 5.97 Å². The van der Waals surface area contributed by atoms with Crippen molar-refractivity contribution in [3.8, 4) is 0 Å². The summed E-state index contributed by atoms with van der Waals surface area (Å²) in [7, 11) is 3.01. The highest BCUT2D eigenvalue weighted by Gasteiger charge is 2.34. The molecule has 2 rings (SSSR count). The van der Waals surface area contributed by atoms with Gasteiger partial charge in [-0.05, 0) is 11.1 Å². The maximum absolute atomic E-state index is 11.9. The van der Waals surface area contributed by atoms with Gasteiger partial charge in [0, 0.05) is 26.6 Å². The van der Waals surface area contributed by atoms with Crippen LogP contribution in [0.15, 0.2) is 24.3 Å². The van der Waals surface area contributed by atoms with Crippen molar-refractivity contribution >= 4 is 11.9 Å². The van der Waals surface area contributed by atoms with Crippen molar-refractivity contribution in [3.05, 3.63) is 35.4 Å². The van der Waals surface area contributed by atoms with Crippen molar-refractivity contribution in [2.75, 3.05) is 20.8 Å². The van der Waals surface area contributed by atoms with Crippen LogP contribution in [0.5, 0.6) is 0 Å². The molecule has 20 heavy (non-hydrogen) atoms. The van der Waals surface area contributed by atoms with Crippen LogP contribution >= 0.6 is 0 Å². The molecule has 1 aromatic rings. The van der Waals surface area contributed by atoms with Gasteiger partial charge in [-0.25, -0.2) is 0 Å². The molecule has 0 aliphatic carbocycles. The number of nitrogens with zero attached hydrogens (tertiary/aromatic N) is 1. The van der Waals surface area contributed by atoms with E-state index in [4.69, 9.17) is 9.47 Å². The van der Waals surface area contributed by atoms with Crippen LogP contribution in [0.1, 0.15) is 17.5 Å². The Hall–Kier alpha value is -1.88. The predicted molar refractivity (Wildman–Crippen MR) is 72.7 cm³/mol. The first-order valence-electron chi connectivity index (χ1n) is 6.56. The van der Waals surface area contributed by atoms with E-state index < -0.39 is 0 Å². The fraction of sp³-hybridized carbons (Fsp3) is 0.467. The maximum Gasteiger partial charge on any atom is 0.310 e. The minimum absolute atomic E-state index is 0.00127. The highest BCUT2D eigenvalue weighted by atomic mass is 16.5. The second-order valence-electron chi connectivity index (χ2n) is 4.95. The Morgan fingerprint density at radius 1 is 1.25 bits per heavy atom. The molecule has 1 amide bonds. The van der Waals surface area contributed by atoms with Crippen LogP contribution in [0.3, 0.4) is 0 Å². The Morgan fingerprint density at radius 2 is 1.90 bits per heavy atom. The molecule has 1 atom stereocenters.